The zero-order chi connectivity index (χ0) is 12.3. The molecule has 1 aliphatic carbocycles. The van der Waals surface area contributed by atoms with Gasteiger partial charge >= 0.3 is 0 Å². The largest absolute Gasteiger partial charge is 0.312 e. The zero-order valence-corrected chi connectivity index (χ0v) is 10.5. The van der Waals surface area contributed by atoms with E-state index in [9.17, 15) is 8.42 Å². The van der Waals surface area contributed by atoms with Crippen molar-refractivity contribution in [2.24, 2.45) is 11.1 Å². The average Bonchev–Trinajstić information content (AvgIpc) is 2.21. The third kappa shape index (κ3) is 3.52. The smallest absolute Gasteiger partial charge is 0.238 e. The normalized spacial score (nSPS) is 16.8. The Morgan fingerprint density at radius 3 is 2.71 bits per heavy atom. The lowest BCUT2D eigenvalue weighted by molar-refractivity contribution is 0.301. The van der Waals surface area contributed by atoms with Gasteiger partial charge in [0.25, 0.3) is 0 Å². The summed E-state index contributed by atoms with van der Waals surface area (Å²) in [6.45, 7) is 1.71. The Balaban J connectivity index is 1.91. The van der Waals surface area contributed by atoms with Gasteiger partial charge in [-0.05, 0) is 43.0 Å². The molecule has 0 aliphatic heterocycles. The summed E-state index contributed by atoms with van der Waals surface area (Å²) >= 11 is 0. The molecule has 5 heteroatoms. The number of benzene rings is 1. The fourth-order valence-electron chi connectivity index (χ4n) is 1.95. The highest BCUT2D eigenvalue weighted by molar-refractivity contribution is 7.89. The molecule has 0 heterocycles. The fraction of sp³-hybridized carbons (Fsp3) is 0.500. The molecular formula is C12H18N2O2S. The van der Waals surface area contributed by atoms with E-state index >= 15 is 0 Å². The molecule has 0 unspecified atom stereocenters. The Bertz CT molecular complexity index is 481. The van der Waals surface area contributed by atoms with Crippen LogP contribution in [0.2, 0.25) is 0 Å². The molecule has 17 heavy (non-hydrogen) atoms. The lowest BCUT2D eigenvalue weighted by Crippen LogP contribution is -2.27. The third-order valence-electron chi connectivity index (χ3n) is 3.21. The van der Waals surface area contributed by atoms with E-state index in [1.165, 1.54) is 25.3 Å². The van der Waals surface area contributed by atoms with Crippen LogP contribution in [-0.4, -0.2) is 15.0 Å². The minimum Gasteiger partial charge on any atom is -0.312 e. The van der Waals surface area contributed by atoms with E-state index in [0.717, 1.165) is 18.0 Å². The summed E-state index contributed by atoms with van der Waals surface area (Å²) in [6.07, 6.45) is 3.96. The number of sulfonamides is 1. The Morgan fingerprint density at radius 1 is 1.35 bits per heavy atom. The summed E-state index contributed by atoms with van der Waals surface area (Å²) in [7, 11) is -3.59. The van der Waals surface area contributed by atoms with Crippen molar-refractivity contribution in [3.05, 3.63) is 29.8 Å². The first kappa shape index (κ1) is 12.5. The molecule has 1 aliphatic rings. The van der Waals surface area contributed by atoms with Gasteiger partial charge in [-0.25, -0.2) is 13.6 Å². The molecule has 94 valence electrons. The van der Waals surface area contributed by atoms with Crippen molar-refractivity contribution < 1.29 is 8.42 Å². The van der Waals surface area contributed by atoms with Crippen LogP contribution in [-0.2, 0) is 16.6 Å². The van der Waals surface area contributed by atoms with Crippen molar-refractivity contribution in [3.63, 3.8) is 0 Å². The topological polar surface area (TPSA) is 72.2 Å². The lowest BCUT2D eigenvalue weighted by atomic mass is 9.85. The predicted molar refractivity (Wildman–Crippen MR) is 66.9 cm³/mol. The number of rotatable bonds is 5. The van der Waals surface area contributed by atoms with Crippen molar-refractivity contribution in [1.29, 1.82) is 0 Å². The molecule has 0 aromatic heterocycles. The van der Waals surface area contributed by atoms with Crippen LogP contribution in [0.25, 0.3) is 0 Å². The number of hydrogen-bond donors (Lipinski definition) is 2. The molecule has 0 spiro atoms. The summed E-state index contributed by atoms with van der Waals surface area (Å²) in [5, 5.41) is 8.43. The van der Waals surface area contributed by atoms with Crippen LogP contribution in [0.5, 0.6) is 0 Å². The second kappa shape index (κ2) is 5.16. The van der Waals surface area contributed by atoms with E-state index in [2.05, 4.69) is 5.32 Å². The molecule has 1 aromatic carbocycles. The molecule has 0 amide bonds. The van der Waals surface area contributed by atoms with Crippen LogP contribution in [0.3, 0.4) is 0 Å². The van der Waals surface area contributed by atoms with Gasteiger partial charge in [0.2, 0.25) is 10.0 Å². The molecule has 3 N–H and O–H groups in total. The van der Waals surface area contributed by atoms with E-state index < -0.39 is 10.0 Å². The first-order valence-electron chi connectivity index (χ1n) is 5.88. The van der Waals surface area contributed by atoms with E-state index in [1.54, 1.807) is 12.1 Å². The Kier molecular flexibility index (Phi) is 3.81. The highest BCUT2D eigenvalue weighted by atomic mass is 32.2. The lowest BCUT2D eigenvalue weighted by Gasteiger charge is -2.25. The van der Waals surface area contributed by atoms with Crippen molar-refractivity contribution in [3.8, 4) is 0 Å². The van der Waals surface area contributed by atoms with Gasteiger partial charge in [-0.15, -0.1) is 0 Å². The van der Waals surface area contributed by atoms with Gasteiger partial charge in [0.15, 0.2) is 0 Å². The molecule has 0 atom stereocenters. The second-order valence-electron chi connectivity index (χ2n) is 4.62. The summed E-state index contributed by atoms with van der Waals surface area (Å²) in [6, 6.07) is 6.77. The highest BCUT2D eigenvalue weighted by Crippen LogP contribution is 2.25. The molecule has 1 fully saturated rings. The molecule has 1 aromatic rings. The van der Waals surface area contributed by atoms with Crippen LogP contribution in [0, 0.1) is 5.92 Å². The van der Waals surface area contributed by atoms with Gasteiger partial charge in [-0.2, -0.15) is 0 Å². The van der Waals surface area contributed by atoms with Crippen LogP contribution in [0.15, 0.2) is 29.2 Å². The summed E-state index contributed by atoms with van der Waals surface area (Å²) in [4.78, 5) is 0.181. The van der Waals surface area contributed by atoms with Crippen LogP contribution in [0.1, 0.15) is 24.8 Å². The number of nitrogens with one attached hydrogen (secondary N) is 1. The summed E-state index contributed by atoms with van der Waals surface area (Å²) in [5.41, 5.74) is 0.954. The Hall–Kier alpha value is -0.910. The molecule has 0 saturated heterocycles. The van der Waals surface area contributed by atoms with Crippen molar-refractivity contribution in [1.82, 2.24) is 5.32 Å². The predicted octanol–water partition coefficient (Wildman–Crippen LogP) is 1.22. The van der Waals surface area contributed by atoms with Gasteiger partial charge in [0.05, 0.1) is 4.90 Å². The quantitative estimate of drug-likeness (QED) is 0.830. The second-order valence-corrected chi connectivity index (χ2v) is 6.18. The van der Waals surface area contributed by atoms with Gasteiger partial charge in [-0.1, -0.05) is 18.6 Å². The van der Waals surface area contributed by atoms with Gasteiger partial charge in [0.1, 0.15) is 0 Å². The maximum atomic E-state index is 11.2. The molecule has 2 rings (SSSR count). The van der Waals surface area contributed by atoms with Crippen LogP contribution < -0.4 is 10.5 Å². The molecule has 1 saturated carbocycles. The first-order chi connectivity index (χ1) is 8.05. The standard InChI is InChI=1S/C12H18N2O2S/c13-17(15,16)12-6-2-5-11(7-12)9-14-8-10-3-1-4-10/h2,5-7,10,14H,1,3-4,8-9H2,(H2,13,15,16). The monoisotopic (exact) mass is 254 g/mol. The van der Waals surface area contributed by atoms with E-state index in [-0.39, 0.29) is 4.90 Å². The van der Waals surface area contributed by atoms with Crippen molar-refractivity contribution in [2.75, 3.05) is 6.54 Å². The van der Waals surface area contributed by atoms with E-state index in [4.69, 9.17) is 5.14 Å². The Morgan fingerprint density at radius 2 is 2.12 bits per heavy atom. The maximum Gasteiger partial charge on any atom is 0.238 e. The fourth-order valence-corrected chi connectivity index (χ4v) is 2.53. The van der Waals surface area contributed by atoms with Crippen molar-refractivity contribution in [2.45, 2.75) is 30.7 Å². The highest BCUT2D eigenvalue weighted by Gasteiger charge is 2.16. The summed E-state index contributed by atoms with van der Waals surface area (Å²) < 4.78 is 22.4. The molecular weight excluding hydrogens is 236 g/mol. The third-order valence-corrected chi connectivity index (χ3v) is 4.12. The van der Waals surface area contributed by atoms with Gasteiger partial charge < -0.3 is 5.32 Å². The average molecular weight is 254 g/mol. The van der Waals surface area contributed by atoms with Crippen molar-refractivity contribution >= 4 is 10.0 Å². The SMILES string of the molecule is NS(=O)(=O)c1cccc(CNCC2CCC2)c1. The summed E-state index contributed by atoms with van der Waals surface area (Å²) in [5.74, 6) is 0.802. The Labute approximate surface area is 102 Å². The molecule has 0 radical (unpaired) electrons. The van der Waals surface area contributed by atoms with Crippen LogP contribution in [0.4, 0.5) is 0 Å². The molecule has 4 nitrogen and oxygen atoms in total. The van der Waals surface area contributed by atoms with Crippen LogP contribution >= 0.6 is 0 Å². The molecule has 0 bridgehead atoms. The number of nitrogens with two attached hydrogens (primary N) is 1. The number of primary sulfonamides is 1. The van der Waals surface area contributed by atoms with Gasteiger partial charge in [-0.3, -0.25) is 0 Å². The minimum absolute atomic E-state index is 0.181. The van der Waals surface area contributed by atoms with E-state index in [1.807, 2.05) is 6.07 Å². The maximum absolute atomic E-state index is 11.2. The van der Waals surface area contributed by atoms with E-state index in [0.29, 0.717) is 6.54 Å². The number of hydrogen-bond acceptors (Lipinski definition) is 3. The van der Waals surface area contributed by atoms with Gasteiger partial charge in [0, 0.05) is 6.54 Å². The minimum atomic E-state index is -3.59. The first-order valence-corrected chi connectivity index (χ1v) is 7.43. The zero-order valence-electron chi connectivity index (χ0n) is 9.72.